The number of nitrogens with zero attached hydrogens (tertiary/aromatic N) is 1. The second kappa shape index (κ2) is 11.1. The lowest BCUT2D eigenvalue weighted by molar-refractivity contribution is -0.959. The lowest BCUT2D eigenvalue weighted by Crippen LogP contribution is -3.00. The number of likely N-dealkylation sites (tertiary alicyclic amines) is 1. The van der Waals surface area contributed by atoms with E-state index in [1.54, 1.807) is 0 Å². The fourth-order valence-corrected chi connectivity index (χ4v) is 5.46. The number of esters is 1. The molecule has 2 heterocycles. The predicted octanol–water partition coefficient (Wildman–Crippen LogP) is 1.77. The predicted molar refractivity (Wildman–Crippen MR) is 117 cm³/mol. The lowest BCUT2D eigenvalue weighted by atomic mass is 9.98. The van der Waals surface area contributed by atoms with E-state index >= 15 is 0 Å². The van der Waals surface area contributed by atoms with Crippen molar-refractivity contribution < 1.29 is 35.8 Å². The number of carbonyl (C=O) groups excluding carboxylic acids is 2. The molecule has 1 unspecified atom stereocenters. The van der Waals surface area contributed by atoms with Gasteiger partial charge in [-0.1, -0.05) is 37.3 Å². The van der Waals surface area contributed by atoms with E-state index in [-0.39, 0.29) is 28.9 Å². The molecule has 30 heavy (non-hydrogen) atoms. The molecular weight excluding hydrogens is 464 g/mol. The standard InChI is InChI=1S/C23H30N2O3S.BrH/c1-4-19(22(26)24-20-17(2)16-29-21(20)23(27)28-3)25(13-9-6-10-14-25)15-18-11-7-5-8-12-18;/h5,7-8,11-12,16,19H,4,6,9-10,13-15H2,1-3H3;1H. The zero-order chi connectivity index (χ0) is 20.9. The zero-order valence-electron chi connectivity index (χ0n) is 17.9. The van der Waals surface area contributed by atoms with Crippen molar-refractivity contribution in [3.8, 4) is 0 Å². The summed E-state index contributed by atoms with van der Waals surface area (Å²) in [5.41, 5.74) is 2.76. The number of methoxy groups -OCH3 is 1. The molecule has 5 nitrogen and oxygen atoms in total. The van der Waals surface area contributed by atoms with Gasteiger partial charge in [-0.05, 0) is 37.1 Å². The van der Waals surface area contributed by atoms with Crippen LogP contribution in [0.25, 0.3) is 0 Å². The summed E-state index contributed by atoms with van der Waals surface area (Å²) in [6, 6.07) is 10.3. The van der Waals surface area contributed by atoms with Crippen LogP contribution in [0.5, 0.6) is 0 Å². The zero-order valence-corrected chi connectivity index (χ0v) is 20.4. The highest BCUT2D eigenvalue weighted by Gasteiger charge is 2.42. The number of halogens is 1. The molecule has 1 atom stereocenters. The van der Waals surface area contributed by atoms with Crippen LogP contribution in [0.1, 0.15) is 53.4 Å². The van der Waals surface area contributed by atoms with E-state index in [2.05, 4.69) is 36.5 Å². The molecule has 0 spiro atoms. The molecule has 1 amide bonds. The first-order chi connectivity index (χ1) is 14.0. The number of piperidine rings is 1. The van der Waals surface area contributed by atoms with E-state index in [1.165, 1.54) is 30.4 Å². The van der Waals surface area contributed by atoms with Crippen molar-refractivity contribution in [3.05, 3.63) is 51.7 Å². The largest absolute Gasteiger partial charge is 1.00 e. The van der Waals surface area contributed by atoms with Gasteiger partial charge < -0.3 is 31.5 Å². The molecule has 1 N–H and O–H groups in total. The van der Waals surface area contributed by atoms with Crippen LogP contribution in [0.4, 0.5) is 5.69 Å². The molecule has 0 aliphatic carbocycles. The average Bonchev–Trinajstić information content (AvgIpc) is 3.09. The number of nitrogens with one attached hydrogen (secondary N) is 1. The van der Waals surface area contributed by atoms with Crippen molar-refractivity contribution in [2.24, 2.45) is 0 Å². The van der Waals surface area contributed by atoms with E-state index < -0.39 is 5.97 Å². The lowest BCUT2D eigenvalue weighted by Gasteiger charge is -2.46. The van der Waals surface area contributed by atoms with Gasteiger partial charge >= 0.3 is 5.97 Å². The van der Waals surface area contributed by atoms with Crippen LogP contribution in [0.3, 0.4) is 0 Å². The van der Waals surface area contributed by atoms with Gasteiger partial charge in [-0.3, -0.25) is 4.79 Å². The summed E-state index contributed by atoms with van der Waals surface area (Å²) >= 11 is 1.31. The van der Waals surface area contributed by atoms with Crippen molar-refractivity contribution >= 4 is 28.9 Å². The normalized spacial score (nSPS) is 16.2. The Morgan fingerprint density at radius 3 is 2.43 bits per heavy atom. The summed E-state index contributed by atoms with van der Waals surface area (Å²) in [5, 5.41) is 4.97. The van der Waals surface area contributed by atoms with Crippen molar-refractivity contribution in [1.29, 1.82) is 0 Å². The fraction of sp³-hybridized carbons (Fsp3) is 0.478. The van der Waals surface area contributed by atoms with Crippen LogP contribution in [0.15, 0.2) is 35.7 Å². The molecule has 1 aliphatic heterocycles. The van der Waals surface area contributed by atoms with Gasteiger partial charge in [0.1, 0.15) is 11.4 Å². The Hall–Kier alpha value is -1.70. The van der Waals surface area contributed by atoms with E-state index in [0.717, 1.165) is 48.9 Å². The third-order valence-electron chi connectivity index (χ3n) is 5.99. The number of quaternary nitrogens is 1. The topological polar surface area (TPSA) is 55.4 Å². The summed E-state index contributed by atoms with van der Waals surface area (Å²) in [4.78, 5) is 26.0. The maximum Gasteiger partial charge on any atom is 0.350 e. The van der Waals surface area contributed by atoms with Gasteiger partial charge in [0.25, 0.3) is 5.91 Å². The van der Waals surface area contributed by atoms with Crippen LogP contribution in [-0.2, 0) is 16.1 Å². The minimum Gasteiger partial charge on any atom is -1.00 e. The molecule has 1 fully saturated rings. The van der Waals surface area contributed by atoms with Crippen molar-refractivity contribution in [3.63, 3.8) is 0 Å². The monoisotopic (exact) mass is 494 g/mol. The highest BCUT2D eigenvalue weighted by Crippen LogP contribution is 2.32. The second-order valence-electron chi connectivity index (χ2n) is 7.90. The molecule has 164 valence electrons. The van der Waals surface area contributed by atoms with Gasteiger partial charge in [-0.2, -0.15) is 0 Å². The second-order valence-corrected chi connectivity index (χ2v) is 8.78. The van der Waals surface area contributed by atoms with E-state index in [1.807, 2.05) is 18.4 Å². The SMILES string of the molecule is CCC(C(=O)Nc1c(C)csc1C(=O)OC)[N+]1(Cc2ccccc2)CCCCC1.[Br-]. The molecule has 1 aromatic heterocycles. The van der Waals surface area contributed by atoms with Gasteiger partial charge in [-0.15, -0.1) is 11.3 Å². The van der Waals surface area contributed by atoms with Gasteiger partial charge in [0.2, 0.25) is 0 Å². The summed E-state index contributed by atoms with van der Waals surface area (Å²) < 4.78 is 5.67. The maximum atomic E-state index is 13.5. The highest BCUT2D eigenvalue weighted by molar-refractivity contribution is 7.12. The minimum atomic E-state index is -0.405. The number of hydrogen-bond donors (Lipinski definition) is 1. The Kier molecular flexibility index (Phi) is 9.07. The number of anilines is 1. The van der Waals surface area contributed by atoms with Crippen LogP contribution in [0.2, 0.25) is 0 Å². The molecule has 1 saturated heterocycles. The Balaban J connectivity index is 0.00000320. The third kappa shape index (κ3) is 5.31. The fourth-order valence-electron chi connectivity index (χ4n) is 4.54. The van der Waals surface area contributed by atoms with Gasteiger partial charge in [-0.25, -0.2) is 4.79 Å². The number of aryl methyl sites for hydroxylation is 1. The van der Waals surface area contributed by atoms with Crippen LogP contribution < -0.4 is 22.3 Å². The Bertz CT molecular complexity index is 847. The minimum absolute atomic E-state index is 0. The van der Waals surface area contributed by atoms with Crippen molar-refractivity contribution in [2.45, 2.75) is 52.1 Å². The van der Waals surface area contributed by atoms with Gasteiger partial charge in [0.15, 0.2) is 6.04 Å². The third-order valence-corrected chi connectivity index (χ3v) is 7.07. The number of carbonyl (C=O) groups is 2. The summed E-state index contributed by atoms with van der Waals surface area (Å²) in [6.07, 6.45) is 4.27. The highest BCUT2D eigenvalue weighted by atomic mass is 79.9. The molecule has 1 aromatic carbocycles. The number of amides is 1. The summed E-state index contributed by atoms with van der Waals surface area (Å²) in [7, 11) is 1.37. The molecule has 2 aromatic rings. The average molecular weight is 495 g/mol. The quantitative estimate of drug-likeness (QED) is 0.471. The molecule has 0 radical (unpaired) electrons. The smallest absolute Gasteiger partial charge is 0.350 e. The summed E-state index contributed by atoms with van der Waals surface area (Å²) in [6.45, 7) is 6.88. The molecule has 7 heteroatoms. The molecular formula is C23H31BrN2O3S. The maximum absolute atomic E-state index is 13.5. The van der Waals surface area contributed by atoms with Crippen molar-refractivity contribution in [1.82, 2.24) is 0 Å². The first-order valence-corrected chi connectivity index (χ1v) is 11.3. The number of hydrogen-bond acceptors (Lipinski definition) is 4. The van der Waals surface area contributed by atoms with Crippen LogP contribution in [0, 0.1) is 6.92 Å². The first kappa shape index (κ1) is 24.6. The molecule has 1 aliphatic rings. The van der Waals surface area contributed by atoms with Gasteiger partial charge in [0.05, 0.1) is 25.9 Å². The number of benzene rings is 1. The number of rotatable bonds is 7. The molecule has 0 saturated carbocycles. The first-order valence-electron chi connectivity index (χ1n) is 10.4. The summed E-state index contributed by atoms with van der Waals surface area (Å²) in [5.74, 6) is -0.408. The van der Waals surface area contributed by atoms with Gasteiger partial charge in [0, 0.05) is 12.0 Å². The van der Waals surface area contributed by atoms with Crippen molar-refractivity contribution in [2.75, 3.05) is 25.5 Å². The molecule has 3 rings (SSSR count). The Morgan fingerprint density at radius 2 is 1.83 bits per heavy atom. The number of ether oxygens (including phenoxy) is 1. The van der Waals surface area contributed by atoms with E-state index in [0.29, 0.717) is 10.6 Å². The van der Waals surface area contributed by atoms with Crippen LogP contribution >= 0.6 is 11.3 Å². The Morgan fingerprint density at radius 1 is 1.17 bits per heavy atom. The number of thiophene rings is 1. The Labute approximate surface area is 193 Å². The van der Waals surface area contributed by atoms with E-state index in [9.17, 15) is 9.59 Å². The van der Waals surface area contributed by atoms with E-state index in [4.69, 9.17) is 4.74 Å². The van der Waals surface area contributed by atoms with Crippen LogP contribution in [-0.4, -0.2) is 42.6 Å². The molecule has 0 bridgehead atoms.